The number of nitrogens with zero attached hydrogens (tertiary/aromatic N) is 3. The van der Waals surface area contributed by atoms with Crippen LogP contribution in [0.4, 0.5) is 28.9 Å². The zero-order valence-electron chi connectivity index (χ0n) is 14.2. The van der Waals surface area contributed by atoms with Crippen LogP contribution in [0.1, 0.15) is 0 Å². The van der Waals surface area contributed by atoms with E-state index in [1.165, 1.54) is 18.0 Å². The average molecular weight is 404 g/mol. The van der Waals surface area contributed by atoms with Gasteiger partial charge < -0.3 is 9.80 Å². The first kappa shape index (κ1) is 19.4. The highest BCUT2D eigenvalue weighted by Crippen LogP contribution is 2.30. The lowest BCUT2D eigenvalue weighted by molar-refractivity contribution is 0.404. The molecule has 0 radical (unpaired) electrons. The summed E-state index contributed by atoms with van der Waals surface area (Å²) < 4.78 is 81.1. The number of benzene rings is 1. The smallest absolute Gasteiger partial charge is 0.253 e. The minimum atomic E-state index is -3.70. The van der Waals surface area contributed by atoms with E-state index in [0.29, 0.717) is 5.69 Å². The fraction of sp³-hybridized carbons (Fsp3) is 0.312. The number of aromatic nitrogens is 1. The van der Waals surface area contributed by atoms with E-state index in [-0.39, 0.29) is 31.1 Å². The number of para-hydroxylation sites is 1. The lowest BCUT2D eigenvalue weighted by atomic mass is 10.2. The fourth-order valence-corrected chi connectivity index (χ4v) is 3.93. The second-order valence-corrected chi connectivity index (χ2v) is 7.67. The number of hydrogen-bond donors (Lipinski definition) is 1. The zero-order chi connectivity index (χ0) is 19.8. The molecule has 0 saturated carbocycles. The van der Waals surface area contributed by atoms with E-state index in [0.717, 1.165) is 0 Å². The molecular formula is C16H16F4N4O2S. The standard InChI is InChI=1S/C16H16F4N4O2S/c1-21-27(25,26)11-5-3-2-4-10(11)23-6-8-24(9-7-23)14-12(17)15(19)22-16(20)13(14)18/h2-5,21H,6-9H2,1H3. The second-order valence-electron chi connectivity index (χ2n) is 5.82. The van der Waals surface area contributed by atoms with Crippen LogP contribution in [0.2, 0.25) is 0 Å². The molecule has 0 aliphatic carbocycles. The third-order valence-electron chi connectivity index (χ3n) is 4.33. The molecule has 1 aliphatic rings. The van der Waals surface area contributed by atoms with E-state index in [4.69, 9.17) is 0 Å². The normalized spacial score (nSPS) is 15.3. The van der Waals surface area contributed by atoms with Gasteiger partial charge in [-0.3, -0.25) is 0 Å². The van der Waals surface area contributed by atoms with Gasteiger partial charge in [-0.25, -0.2) is 13.1 Å². The van der Waals surface area contributed by atoms with Crippen LogP contribution in [0.25, 0.3) is 0 Å². The van der Waals surface area contributed by atoms with Crippen molar-refractivity contribution in [1.29, 1.82) is 0 Å². The van der Waals surface area contributed by atoms with Crippen molar-refractivity contribution in [2.45, 2.75) is 4.90 Å². The summed E-state index contributed by atoms with van der Waals surface area (Å²) in [6.07, 6.45) is 0. The molecule has 1 N–H and O–H groups in total. The molecule has 0 atom stereocenters. The van der Waals surface area contributed by atoms with E-state index < -0.39 is 39.2 Å². The Kier molecular flexibility index (Phi) is 5.24. The Morgan fingerprint density at radius 3 is 2.00 bits per heavy atom. The average Bonchev–Trinajstić information content (AvgIpc) is 2.67. The van der Waals surface area contributed by atoms with Crippen LogP contribution in [0.15, 0.2) is 29.2 Å². The van der Waals surface area contributed by atoms with Crippen LogP contribution in [0, 0.1) is 23.5 Å². The first-order valence-electron chi connectivity index (χ1n) is 7.98. The van der Waals surface area contributed by atoms with Crippen LogP contribution in [-0.2, 0) is 10.0 Å². The van der Waals surface area contributed by atoms with Gasteiger partial charge in [0, 0.05) is 26.2 Å². The highest BCUT2D eigenvalue weighted by atomic mass is 32.2. The van der Waals surface area contributed by atoms with Crippen LogP contribution in [0.5, 0.6) is 0 Å². The molecule has 6 nitrogen and oxygen atoms in total. The minimum Gasteiger partial charge on any atom is -0.367 e. The molecule has 0 bridgehead atoms. The van der Waals surface area contributed by atoms with Gasteiger partial charge in [-0.15, -0.1) is 0 Å². The highest BCUT2D eigenvalue weighted by molar-refractivity contribution is 7.89. The molecule has 1 fully saturated rings. The molecule has 1 saturated heterocycles. The summed E-state index contributed by atoms with van der Waals surface area (Å²) in [6.45, 7) is 0.455. The number of piperazine rings is 1. The van der Waals surface area contributed by atoms with Gasteiger partial charge in [0.1, 0.15) is 10.6 Å². The van der Waals surface area contributed by atoms with Gasteiger partial charge in [0.25, 0.3) is 11.9 Å². The van der Waals surface area contributed by atoms with Crippen LogP contribution in [-0.4, -0.2) is 46.6 Å². The predicted molar refractivity (Wildman–Crippen MR) is 91.2 cm³/mol. The van der Waals surface area contributed by atoms with Crippen molar-refractivity contribution < 1.29 is 26.0 Å². The Labute approximate surface area is 153 Å². The topological polar surface area (TPSA) is 65.5 Å². The summed E-state index contributed by atoms with van der Waals surface area (Å²) in [4.78, 5) is 5.51. The van der Waals surface area contributed by atoms with E-state index in [2.05, 4.69) is 9.71 Å². The van der Waals surface area contributed by atoms with Crippen molar-refractivity contribution in [3.8, 4) is 0 Å². The summed E-state index contributed by atoms with van der Waals surface area (Å²) in [6, 6.07) is 6.31. The quantitative estimate of drug-likeness (QED) is 0.623. The Bertz CT molecular complexity index is 937. The molecular weight excluding hydrogens is 388 g/mol. The van der Waals surface area contributed by atoms with Crippen LogP contribution < -0.4 is 14.5 Å². The molecule has 11 heteroatoms. The lowest BCUT2D eigenvalue weighted by Gasteiger charge is -2.38. The maximum Gasteiger partial charge on any atom is 0.253 e. The molecule has 27 heavy (non-hydrogen) atoms. The second kappa shape index (κ2) is 7.31. The maximum atomic E-state index is 13.9. The maximum absolute atomic E-state index is 13.9. The van der Waals surface area contributed by atoms with Crippen molar-refractivity contribution in [3.63, 3.8) is 0 Å². The first-order chi connectivity index (χ1) is 12.8. The molecule has 146 valence electrons. The SMILES string of the molecule is CNS(=O)(=O)c1ccccc1N1CCN(c2c(F)c(F)nc(F)c2F)CC1. The Morgan fingerprint density at radius 1 is 0.926 bits per heavy atom. The van der Waals surface area contributed by atoms with Crippen molar-refractivity contribution in [2.24, 2.45) is 0 Å². The van der Waals surface area contributed by atoms with E-state index in [9.17, 15) is 26.0 Å². The Hall–Kier alpha value is -2.40. The van der Waals surface area contributed by atoms with Crippen molar-refractivity contribution >= 4 is 21.4 Å². The first-order valence-corrected chi connectivity index (χ1v) is 9.47. The van der Waals surface area contributed by atoms with E-state index >= 15 is 0 Å². The van der Waals surface area contributed by atoms with Gasteiger partial charge in [-0.05, 0) is 19.2 Å². The highest BCUT2D eigenvalue weighted by Gasteiger charge is 2.29. The van der Waals surface area contributed by atoms with Crippen molar-refractivity contribution in [3.05, 3.63) is 47.8 Å². The van der Waals surface area contributed by atoms with Crippen LogP contribution >= 0.6 is 0 Å². The summed E-state index contributed by atoms with van der Waals surface area (Å²) in [5.74, 6) is -6.53. The van der Waals surface area contributed by atoms with E-state index in [1.807, 2.05) is 0 Å². The lowest BCUT2D eigenvalue weighted by Crippen LogP contribution is -2.47. The number of rotatable bonds is 4. The number of pyridine rings is 1. The molecule has 2 heterocycles. The third kappa shape index (κ3) is 3.56. The van der Waals surface area contributed by atoms with Crippen molar-refractivity contribution in [2.75, 3.05) is 43.0 Å². The summed E-state index contributed by atoms with van der Waals surface area (Å²) >= 11 is 0. The van der Waals surface area contributed by atoms with Gasteiger partial charge >= 0.3 is 0 Å². The van der Waals surface area contributed by atoms with Gasteiger partial charge in [-0.2, -0.15) is 22.5 Å². The van der Waals surface area contributed by atoms with Gasteiger partial charge in [0.15, 0.2) is 0 Å². The molecule has 2 aromatic rings. The van der Waals surface area contributed by atoms with Gasteiger partial charge in [-0.1, -0.05) is 12.1 Å². The predicted octanol–water partition coefficient (Wildman–Crippen LogP) is 1.87. The number of nitrogens with one attached hydrogen (secondary N) is 1. The number of sulfonamides is 1. The summed E-state index contributed by atoms with van der Waals surface area (Å²) in [5, 5.41) is 0. The molecule has 3 rings (SSSR count). The Morgan fingerprint density at radius 2 is 1.44 bits per heavy atom. The van der Waals surface area contributed by atoms with Crippen LogP contribution in [0.3, 0.4) is 0 Å². The largest absolute Gasteiger partial charge is 0.367 e. The molecule has 0 spiro atoms. The number of anilines is 2. The minimum absolute atomic E-state index is 0.0324. The summed E-state index contributed by atoms with van der Waals surface area (Å²) in [7, 11) is -2.41. The molecule has 1 aromatic heterocycles. The fourth-order valence-electron chi connectivity index (χ4n) is 2.98. The number of halogens is 4. The summed E-state index contributed by atoms with van der Waals surface area (Å²) in [5.41, 5.74) is -0.379. The van der Waals surface area contributed by atoms with Crippen molar-refractivity contribution in [1.82, 2.24) is 9.71 Å². The third-order valence-corrected chi connectivity index (χ3v) is 5.80. The Balaban J connectivity index is 1.86. The van der Waals surface area contributed by atoms with E-state index in [1.54, 1.807) is 23.1 Å². The molecule has 0 unspecified atom stereocenters. The zero-order valence-corrected chi connectivity index (χ0v) is 15.0. The van der Waals surface area contributed by atoms with Gasteiger partial charge in [0.05, 0.1) is 5.69 Å². The van der Waals surface area contributed by atoms with Gasteiger partial charge in [0.2, 0.25) is 21.7 Å². The molecule has 0 amide bonds. The number of hydrogen-bond acceptors (Lipinski definition) is 5. The molecule has 1 aromatic carbocycles. The molecule has 1 aliphatic heterocycles. The monoisotopic (exact) mass is 404 g/mol.